The Hall–Kier alpha value is -0.290. The van der Waals surface area contributed by atoms with Crippen LogP contribution in [0.4, 0.5) is 0 Å². The van der Waals surface area contributed by atoms with Crippen LogP contribution in [0.2, 0.25) is 10.0 Å². The SMILES string of the molecule is CCCCCCCOS(=O)(=O)Cc1c(Cl)cccc1Cl. The Morgan fingerprint density at radius 2 is 1.65 bits per heavy atom. The average Bonchev–Trinajstić information content (AvgIpc) is 2.38. The zero-order valence-electron chi connectivity index (χ0n) is 11.6. The summed E-state index contributed by atoms with van der Waals surface area (Å²) in [7, 11) is -3.64. The van der Waals surface area contributed by atoms with E-state index in [-0.39, 0.29) is 12.4 Å². The molecule has 0 aliphatic carbocycles. The Bertz CT molecular complexity index is 495. The third-order valence-corrected chi connectivity index (χ3v) is 4.77. The van der Waals surface area contributed by atoms with E-state index in [2.05, 4.69) is 6.92 Å². The fourth-order valence-electron chi connectivity index (χ4n) is 1.78. The van der Waals surface area contributed by atoms with E-state index in [1.54, 1.807) is 18.2 Å². The molecule has 0 radical (unpaired) electrons. The highest BCUT2D eigenvalue weighted by Crippen LogP contribution is 2.26. The van der Waals surface area contributed by atoms with E-state index >= 15 is 0 Å². The molecule has 0 heterocycles. The van der Waals surface area contributed by atoms with E-state index in [0.29, 0.717) is 15.6 Å². The second-order valence-corrected chi connectivity index (χ2v) is 7.09. The molecule has 1 aromatic carbocycles. The van der Waals surface area contributed by atoms with Gasteiger partial charge in [-0.25, -0.2) is 0 Å². The topological polar surface area (TPSA) is 43.4 Å². The highest BCUT2D eigenvalue weighted by atomic mass is 35.5. The van der Waals surface area contributed by atoms with Gasteiger partial charge in [0, 0.05) is 15.6 Å². The molecule has 0 saturated heterocycles. The quantitative estimate of drug-likeness (QED) is 0.479. The van der Waals surface area contributed by atoms with E-state index in [0.717, 1.165) is 25.7 Å². The van der Waals surface area contributed by atoms with Gasteiger partial charge < -0.3 is 0 Å². The van der Waals surface area contributed by atoms with Gasteiger partial charge in [0.25, 0.3) is 10.1 Å². The van der Waals surface area contributed by atoms with Gasteiger partial charge in [0.1, 0.15) is 5.75 Å². The van der Waals surface area contributed by atoms with Gasteiger partial charge >= 0.3 is 0 Å². The number of halogens is 2. The van der Waals surface area contributed by atoms with Crippen LogP contribution in [-0.4, -0.2) is 15.0 Å². The first-order valence-electron chi connectivity index (χ1n) is 6.76. The number of unbranched alkanes of at least 4 members (excludes halogenated alkanes) is 4. The van der Waals surface area contributed by atoms with Crippen LogP contribution in [0.3, 0.4) is 0 Å². The molecule has 0 unspecified atom stereocenters. The molecular formula is C14H20Cl2O3S. The first kappa shape index (κ1) is 17.8. The minimum Gasteiger partial charge on any atom is -0.270 e. The van der Waals surface area contributed by atoms with Crippen molar-refractivity contribution in [3.05, 3.63) is 33.8 Å². The number of benzene rings is 1. The maximum absolute atomic E-state index is 11.9. The maximum Gasteiger partial charge on any atom is 0.271 e. The van der Waals surface area contributed by atoms with E-state index in [4.69, 9.17) is 27.4 Å². The molecule has 20 heavy (non-hydrogen) atoms. The van der Waals surface area contributed by atoms with Gasteiger partial charge in [-0.05, 0) is 18.6 Å². The molecule has 0 amide bonds. The van der Waals surface area contributed by atoms with Crippen molar-refractivity contribution < 1.29 is 12.6 Å². The zero-order chi connectivity index (χ0) is 15.0. The molecule has 1 aromatic rings. The van der Waals surface area contributed by atoms with Crippen molar-refractivity contribution in [1.82, 2.24) is 0 Å². The van der Waals surface area contributed by atoms with Crippen LogP contribution in [0.1, 0.15) is 44.6 Å². The summed E-state index contributed by atoms with van der Waals surface area (Å²) in [6.07, 6.45) is 5.16. The minimum atomic E-state index is -3.64. The van der Waals surface area contributed by atoms with Crippen molar-refractivity contribution in [2.75, 3.05) is 6.61 Å². The van der Waals surface area contributed by atoms with Crippen LogP contribution in [0, 0.1) is 0 Å². The summed E-state index contributed by atoms with van der Waals surface area (Å²) in [4.78, 5) is 0. The van der Waals surface area contributed by atoms with Crippen molar-refractivity contribution in [2.45, 2.75) is 44.8 Å². The summed E-state index contributed by atoms with van der Waals surface area (Å²) >= 11 is 11.9. The predicted molar refractivity (Wildman–Crippen MR) is 83.8 cm³/mol. The molecule has 6 heteroatoms. The fourth-order valence-corrected chi connectivity index (χ4v) is 3.59. The van der Waals surface area contributed by atoms with Crippen LogP contribution in [-0.2, 0) is 20.1 Å². The van der Waals surface area contributed by atoms with Gasteiger partial charge in [-0.3, -0.25) is 4.18 Å². The maximum atomic E-state index is 11.9. The lowest BCUT2D eigenvalue weighted by atomic mass is 10.2. The molecule has 1 rings (SSSR count). The summed E-state index contributed by atoms with van der Waals surface area (Å²) in [5.74, 6) is -0.291. The Morgan fingerprint density at radius 3 is 2.25 bits per heavy atom. The molecule has 0 aromatic heterocycles. The average molecular weight is 339 g/mol. The molecule has 0 saturated carbocycles. The third kappa shape index (κ3) is 6.44. The second kappa shape index (κ2) is 8.88. The molecule has 0 atom stereocenters. The largest absolute Gasteiger partial charge is 0.271 e. The molecule has 0 aliphatic rings. The Labute approximate surface area is 131 Å². The third-order valence-electron chi connectivity index (χ3n) is 2.89. The van der Waals surface area contributed by atoms with E-state index in [9.17, 15) is 8.42 Å². The van der Waals surface area contributed by atoms with Gasteiger partial charge in [0.15, 0.2) is 0 Å². The minimum absolute atomic E-state index is 0.216. The van der Waals surface area contributed by atoms with Crippen LogP contribution >= 0.6 is 23.2 Å². The summed E-state index contributed by atoms with van der Waals surface area (Å²) in [6, 6.07) is 4.90. The highest BCUT2D eigenvalue weighted by molar-refractivity contribution is 7.85. The summed E-state index contributed by atoms with van der Waals surface area (Å²) in [6.45, 7) is 2.35. The van der Waals surface area contributed by atoms with Gasteiger partial charge in [-0.2, -0.15) is 8.42 Å². The lowest BCUT2D eigenvalue weighted by Crippen LogP contribution is -2.10. The van der Waals surface area contributed by atoms with Crippen LogP contribution < -0.4 is 0 Å². The summed E-state index contributed by atoms with van der Waals surface area (Å²) in [5, 5.41) is 0.681. The monoisotopic (exact) mass is 338 g/mol. The first-order chi connectivity index (χ1) is 9.46. The first-order valence-corrected chi connectivity index (χ1v) is 9.09. The molecule has 0 fully saturated rings. The van der Waals surface area contributed by atoms with E-state index < -0.39 is 10.1 Å². The molecule has 0 spiro atoms. The lowest BCUT2D eigenvalue weighted by Gasteiger charge is -2.08. The summed E-state index contributed by atoms with van der Waals surface area (Å²) < 4.78 is 28.7. The summed E-state index contributed by atoms with van der Waals surface area (Å²) in [5.41, 5.74) is 0.391. The van der Waals surface area contributed by atoms with E-state index in [1.807, 2.05) is 0 Å². The van der Waals surface area contributed by atoms with Gasteiger partial charge in [-0.1, -0.05) is 61.9 Å². The van der Waals surface area contributed by atoms with Crippen LogP contribution in [0.25, 0.3) is 0 Å². The Kier molecular flexibility index (Phi) is 7.88. The van der Waals surface area contributed by atoms with Crippen molar-refractivity contribution in [2.24, 2.45) is 0 Å². The fraction of sp³-hybridized carbons (Fsp3) is 0.571. The van der Waals surface area contributed by atoms with Crippen LogP contribution in [0.15, 0.2) is 18.2 Å². The number of hydrogen-bond donors (Lipinski definition) is 0. The Balaban J connectivity index is 2.46. The molecule has 0 aliphatic heterocycles. The smallest absolute Gasteiger partial charge is 0.270 e. The van der Waals surface area contributed by atoms with Crippen molar-refractivity contribution in [3.63, 3.8) is 0 Å². The Morgan fingerprint density at radius 1 is 1.05 bits per heavy atom. The second-order valence-electron chi connectivity index (χ2n) is 4.64. The van der Waals surface area contributed by atoms with Gasteiger partial charge in [0.2, 0.25) is 0 Å². The van der Waals surface area contributed by atoms with Crippen molar-refractivity contribution in [1.29, 1.82) is 0 Å². The molecular weight excluding hydrogens is 319 g/mol. The molecule has 3 nitrogen and oxygen atoms in total. The number of rotatable bonds is 9. The van der Waals surface area contributed by atoms with Crippen molar-refractivity contribution >= 4 is 33.3 Å². The molecule has 0 bridgehead atoms. The lowest BCUT2D eigenvalue weighted by molar-refractivity contribution is 0.306. The van der Waals surface area contributed by atoms with E-state index in [1.165, 1.54) is 6.42 Å². The number of hydrogen-bond acceptors (Lipinski definition) is 3. The molecule has 114 valence electrons. The van der Waals surface area contributed by atoms with Gasteiger partial charge in [0.05, 0.1) is 6.61 Å². The van der Waals surface area contributed by atoms with Gasteiger partial charge in [-0.15, -0.1) is 0 Å². The normalized spacial score (nSPS) is 11.8. The standard InChI is InChI=1S/C14H20Cl2O3S/c1-2-3-4-5-6-10-19-20(17,18)11-12-13(15)8-7-9-14(12)16/h7-9H,2-6,10-11H2,1H3. The van der Waals surface area contributed by atoms with Crippen LogP contribution in [0.5, 0.6) is 0 Å². The zero-order valence-corrected chi connectivity index (χ0v) is 13.9. The highest BCUT2D eigenvalue weighted by Gasteiger charge is 2.17. The van der Waals surface area contributed by atoms with Crippen molar-refractivity contribution in [3.8, 4) is 0 Å². The molecule has 0 N–H and O–H groups in total. The predicted octanol–water partition coefficient (Wildman–Crippen LogP) is 4.81.